The van der Waals surface area contributed by atoms with Gasteiger partial charge in [0.05, 0.1) is 18.5 Å². The fourth-order valence-electron chi connectivity index (χ4n) is 2.57. The summed E-state index contributed by atoms with van der Waals surface area (Å²) in [6, 6.07) is 6.19. The Bertz CT molecular complexity index is 697. The second-order valence-corrected chi connectivity index (χ2v) is 6.67. The number of rotatable bonds is 13. The number of hydrogen-bond donors (Lipinski definition) is 6. The van der Waals surface area contributed by atoms with E-state index in [4.69, 9.17) is 16.6 Å². The van der Waals surface area contributed by atoms with E-state index in [1.165, 1.54) is 0 Å². The largest absolute Gasteiger partial charge is 0.481 e. The van der Waals surface area contributed by atoms with E-state index < -0.39 is 48.3 Å². The predicted molar refractivity (Wildman–Crippen MR) is 105 cm³/mol. The standard InChI is InChI=1S/C19H28N4O6/c20-13(7-4-10-22-17(26)14(21)11-16(24)25)18(27)23-15(19(28)29)9-8-12-5-2-1-3-6-12/h1-3,5-6,13-15H,4,7-11,20-21H2,(H,22,26)(H,23,27)(H,24,25)(H,28,29)/t13-,14-,15+/m0/s1. The van der Waals surface area contributed by atoms with Crippen molar-refractivity contribution in [2.45, 2.75) is 50.2 Å². The summed E-state index contributed by atoms with van der Waals surface area (Å²) in [6.45, 7) is 0.170. The van der Waals surface area contributed by atoms with Gasteiger partial charge in [-0.15, -0.1) is 0 Å². The third-order valence-electron chi connectivity index (χ3n) is 4.24. The average Bonchev–Trinajstić information content (AvgIpc) is 2.67. The van der Waals surface area contributed by atoms with E-state index in [0.717, 1.165) is 5.56 Å². The van der Waals surface area contributed by atoms with E-state index in [9.17, 15) is 24.3 Å². The molecular formula is C19H28N4O6. The van der Waals surface area contributed by atoms with Gasteiger partial charge >= 0.3 is 11.9 Å². The number of aliphatic carboxylic acids is 2. The third-order valence-corrected chi connectivity index (χ3v) is 4.24. The van der Waals surface area contributed by atoms with E-state index in [2.05, 4.69) is 10.6 Å². The SMILES string of the molecule is N[C@@H](CC(=O)O)C(=O)NCCC[C@H](N)C(=O)N[C@H](CCc1ccccc1)C(=O)O. The van der Waals surface area contributed by atoms with Crippen LogP contribution in [0, 0.1) is 0 Å². The number of benzene rings is 1. The number of amides is 2. The third kappa shape index (κ3) is 9.67. The minimum Gasteiger partial charge on any atom is -0.481 e. The van der Waals surface area contributed by atoms with Crippen LogP contribution in [0.1, 0.15) is 31.2 Å². The van der Waals surface area contributed by atoms with Crippen LogP contribution in [-0.4, -0.2) is 58.6 Å². The van der Waals surface area contributed by atoms with Gasteiger partial charge in [-0.25, -0.2) is 4.79 Å². The maximum absolute atomic E-state index is 12.2. The van der Waals surface area contributed by atoms with Crippen molar-refractivity contribution in [2.24, 2.45) is 11.5 Å². The lowest BCUT2D eigenvalue weighted by molar-refractivity contribution is -0.142. The molecule has 29 heavy (non-hydrogen) atoms. The minimum absolute atomic E-state index is 0.170. The lowest BCUT2D eigenvalue weighted by atomic mass is 10.0. The summed E-state index contributed by atoms with van der Waals surface area (Å²) >= 11 is 0. The van der Waals surface area contributed by atoms with Crippen LogP contribution in [0.3, 0.4) is 0 Å². The lowest BCUT2D eigenvalue weighted by Crippen LogP contribution is -2.49. The van der Waals surface area contributed by atoms with Gasteiger partial charge in [0, 0.05) is 6.54 Å². The van der Waals surface area contributed by atoms with E-state index >= 15 is 0 Å². The molecule has 0 bridgehead atoms. The molecule has 0 aliphatic heterocycles. The Morgan fingerprint density at radius 3 is 2.17 bits per heavy atom. The van der Waals surface area contributed by atoms with Crippen LogP contribution in [0.2, 0.25) is 0 Å². The van der Waals surface area contributed by atoms with Crippen LogP contribution in [0.25, 0.3) is 0 Å². The molecule has 1 rings (SSSR count). The Hall–Kier alpha value is -2.98. The van der Waals surface area contributed by atoms with Crippen molar-refractivity contribution in [3.05, 3.63) is 35.9 Å². The zero-order valence-electron chi connectivity index (χ0n) is 16.0. The summed E-state index contributed by atoms with van der Waals surface area (Å²) < 4.78 is 0. The molecule has 0 heterocycles. The Morgan fingerprint density at radius 2 is 1.59 bits per heavy atom. The maximum atomic E-state index is 12.2. The van der Waals surface area contributed by atoms with Crippen LogP contribution in [-0.2, 0) is 25.6 Å². The number of carboxylic acids is 2. The first-order valence-electron chi connectivity index (χ1n) is 9.28. The Labute approximate surface area is 168 Å². The molecule has 3 atom stereocenters. The van der Waals surface area contributed by atoms with Gasteiger partial charge in [0.2, 0.25) is 11.8 Å². The van der Waals surface area contributed by atoms with Crippen molar-refractivity contribution in [1.82, 2.24) is 10.6 Å². The second kappa shape index (κ2) is 12.5. The number of carbonyl (C=O) groups is 4. The molecule has 10 nitrogen and oxygen atoms in total. The van der Waals surface area contributed by atoms with Gasteiger partial charge in [-0.05, 0) is 31.2 Å². The number of hydrogen-bond acceptors (Lipinski definition) is 6. The molecule has 0 radical (unpaired) electrons. The van der Waals surface area contributed by atoms with E-state index in [1.807, 2.05) is 30.3 Å². The Kier molecular flexibility index (Phi) is 10.3. The molecule has 0 aliphatic rings. The fraction of sp³-hybridized carbons (Fsp3) is 0.474. The van der Waals surface area contributed by atoms with Gasteiger partial charge < -0.3 is 32.3 Å². The molecule has 0 saturated heterocycles. The van der Waals surface area contributed by atoms with Crippen LogP contribution < -0.4 is 22.1 Å². The normalized spacial score (nSPS) is 13.7. The molecule has 0 unspecified atom stereocenters. The summed E-state index contributed by atoms with van der Waals surface area (Å²) in [5.74, 6) is -3.50. The monoisotopic (exact) mass is 408 g/mol. The molecule has 8 N–H and O–H groups in total. The van der Waals surface area contributed by atoms with Crippen LogP contribution in [0.4, 0.5) is 0 Å². The Balaban J connectivity index is 2.36. The average molecular weight is 408 g/mol. The molecule has 160 valence electrons. The van der Waals surface area contributed by atoms with Crippen LogP contribution >= 0.6 is 0 Å². The first kappa shape index (κ1) is 24.1. The van der Waals surface area contributed by atoms with Crippen LogP contribution in [0.5, 0.6) is 0 Å². The predicted octanol–water partition coefficient (Wildman–Crippen LogP) is -0.786. The van der Waals surface area contributed by atoms with Gasteiger partial charge in [0.1, 0.15) is 6.04 Å². The first-order valence-corrected chi connectivity index (χ1v) is 9.28. The number of carboxylic acid groups (broad SMARTS) is 2. The number of carbonyl (C=O) groups excluding carboxylic acids is 2. The van der Waals surface area contributed by atoms with E-state index in [0.29, 0.717) is 12.8 Å². The van der Waals surface area contributed by atoms with Gasteiger partial charge in [0.15, 0.2) is 0 Å². The molecular weight excluding hydrogens is 380 g/mol. The summed E-state index contributed by atoms with van der Waals surface area (Å²) in [5, 5.41) is 22.8. The van der Waals surface area contributed by atoms with Crippen molar-refractivity contribution in [3.63, 3.8) is 0 Å². The second-order valence-electron chi connectivity index (χ2n) is 6.67. The topological polar surface area (TPSA) is 185 Å². The maximum Gasteiger partial charge on any atom is 0.326 e. The molecule has 0 aliphatic carbocycles. The highest BCUT2D eigenvalue weighted by atomic mass is 16.4. The molecule has 1 aromatic carbocycles. The summed E-state index contributed by atoms with van der Waals surface area (Å²) in [4.78, 5) is 45.7. The number of aryl methyl sites for hydroxylation is 1. The van der Waals surface area contributed by atoms with Crippen molar-refractivity contribution in [3.8, 4) is 0 Å². The van der Waals surface area contributed by atoms with Gasteiger partial charge in [0.25, 0.3) is 0 Å². The minimum atomic E-state index is -1.17. The highest BCUT2D eigenvalue weighted by molar-refractivity contribution is 5.87. The summed E-state index contributed by atoms with van der Waals surface area (Å²) in [6.07, 6.45) is 0.811. The van der Waals surface area contributed by atoms with Gasteiger partial charge in [-0.1, -0.05) is 30.3 Å². The lowest BCUT2D eigenvalue weighted by Gasteiger charge is -2.18. The zero-order chi connectivity index (χ0) is 21.8. The van der Waals surface area contributed by atoms with Gasteiger partial charge in [-0.3, -0.25) is 14.4 Å². The zero-order valence-corrected chi connectivity index (χ0v) is 16.0. The molecule has 0 fully saturated rings. The van der Waals surface area contributed by atoms with Crippen molar-refractivity contribution < 1.29 is 29.4 Å². The first-order chi connectivity index (χ1) is 13.7. The quantitative estimate of drug-likeness (QED) is 0.229. The van der Waals surface area contributed by atoms with Gasteiger partial charge in [-0.2, -0.15) is 0 Å². The van der Waals surface area contributed by atoms with E-state index in [-0.39, 0.29) is 19.4 Å². The van der Waals surface area contributed by atoms with E-state index in [1.54, 1.807) is 0 Å². The molecule has 1 aromatic rings. The number of nitrogens with one attached hydrogen (secondary N) is 2. The highest BCUT2D eigenvalue weighted by Gasteiger charge is 2.23. The smallest absolute Gasteiger partial charge is 0.326 e. The van der Waals surface area contributed by atoms with Crippen LogP contribution in [0.15, 0.2) is 30.3 Å². The molecule has 2 amide bonds. The van der Waals surface area contributed by atoms with Crippen molar-refractivity contribution >= 4 is 23.8 Å². The van der Waals surface area contributed by atoms with Crippen molar-refractivity contribution in [2.75, 3.05) is 6.54 Å². The summed E-state index contributed by atoms with van der Waals surface area (Å²) in [7, 11) is 0. The highest BCUT2D eigenvalue weighted by Crippen LogP contribution is 2.06. The fourth-order valence-corrected chi connectivity index (χ4v) is 2.57. The molecule has 0 aromatic heterocycles. The Morgan fingerprint density at radius 1 is 0.931 bits per heavy atom. The molecule has 0 saturated carbocycles. The van der Waals surface area contributed by atoms with Crippen molar-refractivity contribution in [1.29, 1.82) is 0 Å². The summed E-state index contributed by atoms with van der Waals surface area (Å²) in [5.41, 5.74) is 12.2. The molecule has 0 spiro atoms. The number of nitrogens with two attached hydrogens (primary N) is 2. The molecule has 10 heteroatoms.